The van der Waals surface area contributed by atoms with Crippen molar-refractivity contribution < 1.29 is 4.21 Å². The molecule has 0 aliphatic heterocycles. The van der Waals surface area contributed by atoms with Gasteiger partial charge in [0.15, 0.2) is 0 Å². The van der Waals surface area contributed by atoms with Gasteiger partial charge in [0, 0.05) is 21.9 Å². The average Bonchev–Trinajstić information content (AvgIpc) is 2.58. The summed E-state index contributed by atoms with van der Waals surface area (Å²) in [6.45, 7) is 4.31. The highest BCUT2D eigenvalue weighted by Crippen LogP contribution is 2.39. The lowest BCUT2D eigenvalue weighted by Gasteiger charge is -2.26. The largest absolute Gasteiger partial charge is 0.326 e. The summed E-state index contributed by atoms with van der Waals surface area (Å²) in [6, 6.07) is 7.61. The van der Waals surface area contributed by atoms with Crippen LogP contribution in [0.2, 0.25) is 5.02 Å². The highest BCUT2D eigenvalue weighted by Gasteiger charge is 2.42. The summed E-state index contributed by atoms with van der Waals surface area (Å²) in [5, 5.41) is 0.785. The molecule has 0 aromatic heterocycles. The fraction of sp³-hybridized carbons (Fsp3) is 0.571. The summed E-state index contributed by atoms with van der Waals surface area (Å²) >= 11 is 6.10. The lowest BCUT2D eigenvalue weighted by molar-refractivity contribution is 0.333. The second-order valence-electron chi connectivity index (χ2n) is 5.71. The standard InChI is InChI=1S/C14H20ClNOS/c1-14(2)8-7-12(13(14)16)18(17)9-10-5-3-4-6-11(10)15/h3-6,12-13H,7-9,16H2,1-2H3. The predicted octanol–water partition coefficient (Wildman–Crippen LogP) is 3.10. The molecule has 2 N–H and O–H groups in total. The molecule has 1 aromatic carbocycles. The third-order valence-electron chi connectivity index (χ3n) is 3.97. The molecule has 1 saturated carbocycles. The van der Waals surface area contributed by atoms with Crippen molar-refractivity contribution in [2.24, 2.45) is 11.1 Å². The van der Waals surface area contributed by atoms with Gasteiger partial charge < -0.3 is 5.73 Å². The number of rotatable bonds is 3. The molecule has 18 heavy (non-hydrogen) atoms. The Morgan fingerprint density at radius 3 is 2.67 bits per heavy atom. The molecule has 1 fully saturated rings. The zero-order chi connectivity index (χ0) is 13.3. The fourth-order valence-corrected chi connectivity index (χ4v) is 4.66. The van der Waals surface area contributed by atoms with Crippen LogP contribution in [0.5, 0.6) is 0 Å². The summed E-state index contributed by atoms with van der Waals surface area (Å²) in [6.07, 6.45) is 2.00. The molecular weight excluding hydrogens is 266 g/mol. The van der Waals surface area contributed by atoms with Crippen molar-refractivity contribution in [3.63, 3.8) is 0 Å². The normalized spacial score (nSPS) is 28.2. The molecule has 3 atom stereocenters. The number of benzene rings is 1. The van der Waals surface area contributed by atoms with Crippen molar-refractivity contribution in [1.29, 1.82) is 0 Å². The molecule has 100 valence electrons. The molecule has 0 spiro atoms. The molecule has 0 amide bonds. The summed E-state index contributed by atoms with van der Waals surface area (Å²) in [7, 11) is -0.943. The lowest BCUT2D eigenvalue weighted by Crippen LogP contribution is -2.42. The topological polar surface area (TPSA) is 43.1 Å². The fourth-order valence-electron chi connectivity index (χ4n) is 2.53. The molecule has 1 aromatic rings. The van der Waals surface area contributed by atoms with Crippen LogP contribution in [0.15, 0.2) is 24.3 Å². The van der Waals surface area contributed by atoms with Gasteiger partial charge in [-0.2, -0.15) is 0 Å². The number of hydrogen-bond acceptors (Lipinski definition) is 2. The van der Waals surface area contributed by atoms with E-state index in [9.17, 15) is 4.21 Å². The first-order valence-corrected chi connectivity index (χ1v) is 8.04. The minimum absolute atomic E-state index is 0.0146. The van der Waals surface area contributed by atoms with Gasteiger partial charge in [0.05, 0.1) is 11.0 Å². The Labute approximate surface area is 116 Å². The van der Waals surface area contributed by atoms with Crippen molar-refractivity contribution in [3.8, 4) is 0 Å². The van der Waals surface area contributed by atoms with E-state index in [0.29, 0.717) is 10.8 Å². The van der Waals surface area contributed by atoms with Crippen molar-refractivity contribution in [3.05, 3.63) is 34.9 Å². The van der Waals surface area contributed by atoms with Gasteiger partial charge >= 0.3 is 0 Å². The van der Waals surface area contributed by atoms with E-state index in [0.717, 1.165) is 18.4 Å². The lowest BCUT2D eigenvalue weighted by atomic mass is 9.88. The van der Waals surface area contributed by atoms with Crippen LogP contribution in [0.1, 0.15) is 32.3 Å². The smallest absolute Gasteiger partial charge is 0.0507 e. The molecule has 1 aliphatic rings. The van der Waals surface area contributed by atoms with E-state index in [4.69, 9.17) is 17.3 Å². The Kier molecular flexibility index (Phi) is 4.15. The van der Waals surface area contributed by atoms with Crippen molar-refractivity contribution >= 4 is 22.4 Å². The van der Waals surface area contributed by atoms with Crippen LogP contribution in [0.25, 0.3) is 0 Å². The van der Waals surface area contributed by atoms with Crippen LogP contribution in [0.4, 0.5) is 0 Å². The van der Waals surface area contributed by atoms with Gasteiger partial charge in [0.25, 0.3) is 0 Å². The van der Waals surface area contributed by atoms with Crippen LogP contribution in [0, 0.1) is 5.41 Å². The van der Waals surface area contributed by atoms with E-state index in [-0.39, 0.29) is 16.7 Å². The van der Waals surface area contributed by atoms with Crippen LogP contribution >= 0.6 is 11.6 Å². The Bertz CT molecular complexity index is 461. The van der Waals surface area contributed by atoms with E-state index in [2.05, 4.69) is 13.8 Å². The zero-order valence-electron chi connectivity index (χ0n) is 10.9. The van der Waals surface area contributed by atoms with Gasteiger partial charge in [-0.1, -0.05) is 43.6 Å². The first-order chi connectivity index (χ1) is 8.42. The Morgan fingerprint density at radius 2 is 2.11 bits per heavy atom. The minimum Gasteiger partial charge on any atom is -0.326 e. The maximum Gasteiger partial charge on any atom is 0.0507 e. The zero-order valence-corrected chi connectivity index (χ0v) is 12.4. The first-order valence-electron chi connectivity index (χ1n) is 6.28. The number of hydrogen-bond donors (Lipinski definition) is 1. The van der Waals surface area contributed by atoms with E-state index in [1.54, 1.807) is 0 Å². The Hall–Kier alpha value is -0.380. The summed E-state index contributed by atoms with van der Waals surface area (Å²) in [5.41, 5.74) is 7.27. The highest BCUT2D eigenvalue weighted by molar-refractivity contribution is 7.84. The number of halogens is 1. The second kappa shape index (κ2) is 5.32. The molecule has 2 rings (SSSR count). The minimum atomic E-state index is -0.943. The molecule has 4 heteroatoms. The molecule has 0 radical (unpaired) electrons. The van der Waals surface area contributed by atoms with Crippen molar-refractivity contribution in [2.45, 2.75) is 43.7 Å². The van der Waals surface area contributed by atoms with Gasteiger partial charge in [-0.05, 0) is 29.9 Å². The maximum absolute atomic E-state index is 12.4. The SMILES string of the molecule is CC1(C)CCC(S(=O)Cc2ccccc2Cl)C1N. The van der Waals surface area contributed by atoms with Gasteiger partial charge in [-0.3, -0.25) is 4.21 Å². The average molecular weight is 286 g/mol. The molecule has 3 unspecified atom stereocenters. The quantitative estimate of drug-likeness (QED) is 0.927. The molecule has 0 heterocycles. The first kappa shape index (κ1) is 14.0. The summed E-state index contributed by atoms with van der Waals surface area (Å²) < 4.78 is 12.4. The van der Waals surface area contributed by atoms with E-state index >= 15 is 0 Å². The number of nitrogens with two attached hydrogens (primary N) is 1. The third kappa shape index (κ3) is 2.79. The van der Waals surface area contributed by atoms with Crippen LogP contribution in [-0.4, -0.2) is 15.5 Å². The van der Waals surface area contributed by atoms with E-state index in [1.807, 2.05) is 24.3 Å². The van der Waals surface area contributed by atoms with Gasteiger partial charge in [-0.15, -0.1) is 0 Å². The van der Waals surface area contributed by atoms with Crippen LogP contribution < -0.4 is 5.73 Å². The van der Waals surface area contributed by atoms with Gasteiger partial charge in [0.2, 0.25) is 0 Å². The predicted molar refractivity (Wildman–Crippen MR) is 78.1 cm³/mol. The van der Waals surface area contributed by atoms with Crippen molar-refractivity contribution in [1.82, 2.24) is 0 Å². The van der Waals surface area contributed by atoms with Crippen LogP contribution in [0.3, 0.4) is 0 Å². The van der Waals surface area contributed by atoms with E-state index < -0.39 is 10.8 Å². The molecular formula is C14H20ClNOS. The van der Waals surface area contributed by atoms with Gasteiger partial charge in [-0.25, -0.2) is 0 Å². The van der Waals surface area contributed by atoms with E-state index in [1.165, 1.54) is 0 Å². The summed E-state index contributed by atoms with van der Waals surface area (Å²) in [4.78, 5) is 0. The Morgan fingerprint density at radius 1 is 1.44 bits per heavy atom. The molecule has 1 aliphatic carbocycles. The summed E-state index contributed by atoms with van der Waals surface area (Å²) in [5.74, 6) is 0.508. The molecule has 0 saturated heterocycles. The second-order valence-corrected chi connectivity index (χ2v) is 7.77. The maximum atomic E-state index is 12.4. The third-order valence-corrected chi connectivity index (χ3v) is 6.14. The van der Waals surface area contributed by atoms with Crippen molar-refractivity contribution in [2.75, 3.05) is 0 Å². The highest BCUT2D eigenvalue weighted by atomic mass is 35.5. The monoisotopic (exact) mass is 285 g/mol. The molecule has 2 nitrogen and oxygen atoms in total. The van der Waals surface area contributed by atoms with Crippen LogP contribution in [-0.2, 0) is 16.6 Å². The Balaban J connectivity index is 2.08. The molecule has 0 bridgehead atoms. The van der Waals surface area contributed by atoms with Gasteiger partial charge in [0.1, 0.15) is 0 Å².